The molecule has 1 aromatic carbocycles. The predicted molar refractivity (Wildman–Crippen MR) is 87.6 cm³/mol. The first-order valence-electron chi connectivity index (χ1n) is 6.77. The van der Waals surface area contributed by atoms with Crippen molar-refractivity contribution >= 4 is 34.6 Å². The Kier molecular flexibility index (Phi) is 5.54. The number of methoxy groups -OCH3 is 2. The van der Waals surface area contributed by atoms with Crippen LogP contribution in [0, 0.1) is 0 Å². The quantitative estimate of drug-likeness (QED) is 0.630. The number of nitrogen functional groups attached to an aromatic ring is 1. The van der Waals surface area contributed by atoms with Gasteiger partial charge in [-0.2, -0.15) is 0 Å². The Balaban J connectivity index is 2.33. The van der Waals surface area contributed by atoms with Crippen molar-refractivity contribution in [3.8, 4) is 5.75 Å². The van der Waals surface area contributed by atoms with E-state index in [0.29, 0.717) is 23.2 Å². The number of ether oxygens (including phenoxy) is 3. The molecule has 2 rings (SSSR count). The van der Waals surface area contributed by atoms with E-state index in [1.54, 1.807) is 24.3 Å². The summed E-state index contributed by atoms with van der Waals surface area (Å²) in [5.41, 5.74) is 6.73. The monoisotopic (exact) mass is 349 g/mol. The molecular weight excluding hydrogens is 334 g/mol. The van der Waals surface area contributed by atoms with Crippen molar-refractivity contribution in [3.63, 3.8) is 0 Å². The highest BCUT2D eigenvalue weighted by Crippen LogP contribution is 2.33. The molecule has 0 aliphatic rings. The Morgan fingerprint density at radius 1 is 1.12 bits per heavy atom. The summed E-state index contributed by atoms with van der Waals surface area (Å²) in [5, 5.41) is 0.150. The van der Waals surface area contributed by atoms with E-state index in [4.69, 9.17) is 19.9 Å². The molecule has 1 aromatic heterocycles. The van der Waals surface area contributed by atoms with E-state index in [-0.39, 0.29) is 22.0 Å². The molecule has 0 radical (unpaired) electrons. The average Bonchev–Trinajstić information content (AvgIpc) is 2.95. The van der Waals surface area contributed by atoms with E-state index in [1.807, 2.05) is 0 Å². The molecule has 0 aliphatic carbocycles. The highest BCUT2D eigenvalue weighted by Gasteiger charge is 2.27. The van der Waals surface area contributed by atoms with Crippen LogP contribution in [0.1, 0.15) is 36.0 Å². The fourth-order valence-corrected chi connectivity index (χ4v) is 2.98. The van der Waals surface area contributed by atoms with Gasteiger partial charge in [-0.05, 0) is 24.3 Å². The van der Waals surface area contributed by atoms with Crippen LogP contribution >= 0.6 is 11.3 Å². The minimum absolute atomic E-state index is 0.0804. The number of thiophene rings is 1. The van der Waals surface area contributed by atoms with Crippen molar-refractivity contribution < 1.29 is 28.6 Å². The fraction of sp³-hybridized carbons (Fsp3) is 0.188. The van der Waals surface area contributed by atoms with E-state index < -0.39 is 11.9 Å². The number of aldehydes is 1. The lowest BCUT2D eigenvalue weighted by Crippen LogP contribution is -2.11. The summed E-state index contributed by atoms with van der Waals surface area (Å²) in [7, 11) is 2.46. The van der Waals surface area contributed by atoms with Crippen LogP contribution in [-0.4, -0.2) is 32.4 Å². The zero-order chi connectivity index (χ0) is 17.7. The smallest absolute Gasteiger partial charge is 0.348 e. The van der Waals surface area contributed by atoms with Gasteiger partial charge in [0.2, 0.25) is 0 Å². The first-order valence-corrected chi connectivity index (χ1v) is 7.59. The van der Waals surface area contributed by atoms with E-state index >= 15 is 0 Å². The molecule has 126 valence electrons. The predicted octanol–water partition coefficient (Wildman–Crippen LogP) is 2.29. The van der Waals surface area contributed by atoms with Gasteiger partial charge in [0, 0.05) is 11.1 Å². The molecule has 2 aromatic rings. The SMILES string of the molecule is COC(=O)c1sc(N)c(C(=O)OC)c1COc1ccc(C=O)cc1. The van der Waals surface area contributed by atoms with Gasteiger partial charge in [0.25, 0.3) is 0 Å². The number of hydrogen-bond donors (Lipinski definition) is 1. The van der Waals surface area contributed by atoms with Crippen LogP contribution in [0.5, 0.6) is 5.75 Å². The van der Waals surface area contributed by atoms with Crippen molar-refractivity contribution in [2.45, 2.75) is 6.61 Å². The molecule has 0 saturated heterocycles. The molecule has 0 amide bonds. The van der Waals surface area contributed by atoms with E-state index in [1.165, 1.54) is 14.2 Å². The van der Waals surface area contributed by atoms with Gasteiger partial charge in [0.1, 0.15) is 34.1 Å². The zero-order valence-electron chi connectivity index (χ0n) is 13.0. The molecule has 0 saturated carbocycles. The standard InChI is InChI=1S/C16H15NO6S/c1-21-15(19)12-11(13(16(20)22-2)24-14(12)17)8-23-10-5-3-9(7-18)4-6-10/h3-7H,8,17H2,1-2H3. The Bertz CT molecular complexity index is 766. The second-order valence-corrected chi connectivity index (χ2v) is 5.66. The molecule has 2 N–H and O–H groups in total. The number of rotatable bonds is 6. The lowest BCUT2D eigenvalue weighted by atomic mass is 10.1. The van der Waals surface area contributed by atoms with E-state index in [0.717, 1.165) is 11.3 Å². The highest BCUT2D eigenvalue weighted by atomic mass is 32.1. The van der Waals surface area contributed by atoms with Crippen molar-refractivity contribution in [1.82, 2.24) is 0 Å². The van der Waals surface area contributed by atoms with E-state index in [9.17, 15) is 14.4 Å². The second kappa shape index (κ2) is 7.60. The number of carbonyl (C=O) groups is 3. The van der Waals surface area contributed by atoms with Crippen LogP contribution in [0.25, 0.3) is 0 Å². The van der Waals surface area contributed by atoms with Gasteiger partial charge in [-0.1, -0.05) is 0 Å². The van der Waals surface area contributed by atoms with Gasteiger partial charge in [-0.25, -0.2) is 9.59 Å². The normalized spacial score (nSPS) is 10.1. The molecule has 8 heteroatoms. The number of carbonyl (C=O) groups excluding carboxylic acids is 3. The third-order valence-electron chi connectivity index (χ3n) is 3.19. The largest absolute Gasteiger partial charge is 0.489 e. The summed E-state index contributed by atoms with van der Waals surface area (Å²) in [6.45, 7) is -0.0804. The third kappa shape index (κ3) is 3.54. The molecule has 24 heavy (non-hydrogen) atoms. The Labute approximate surface area is 141 Å². The van der Waals surface area contributed by atoms with Crippen molar-refractivity contribution in [3.05, 3.63) is 45.8 Å². The average molecular weight is 349 g/mol. The maximum absolute atomic E-state index is 11.9. The second-order valence-electron chi connectivity index (χ2n) is 4.61. The topological polar surface area (TPSA) is 105 Å². The van der Waals surface area contributed by atoms with Gasteiger partial charge in [0.15, 0.2) is 0 Å². The molecule has 0 spiro atoms. The zero-order valence-corrected chi connectivity index (χ0v) is 13.8. The number of esters is 2. The first kappa shape index (κ1) is 17.5. The van der Waals surface area contributed by atoms with E-state index in [2.05, 4.69) is 0 Å². The maximum atomic E-state index is 11.9. The number of hydrogen-bond acceptors (Lipinski definition) is 8. The first-order chi connectivity index (χ1) is 11.5. The fourth-order valence-electron chi connectivity index (χ4n) is 2.00. The number of benzene rings is 1. The van der Waals surface area contributed by atoms with Crippen LogP contribution in [0.4, 0.5) is 5.00 Å². The summed E-state index contributed by atoms with van der Waals surface area (Å²) in [5.74, 6) is -0.803. The van der Waals surface area contributed by atoms with Gasteiger partial charge in [-0.15, -0.1) is 11.3 Å². The summed E-state index contributed by atoms with van der Waals surface area (Å²) in [6.07, 6.45) is 0.716. The van der Waals surface area contributed by atoms with Gasteiger partial charge >= 0.3 is 11.9 Å². The summed E-state index contributed by atoms with van der Waals surface area (Å²) >= 11 is 0.935. The summed E-state index contributed by atoms with van der Waals surface area (Å²) in [4.78, 5) is 34.7. The van der Waals surface area contributed by atoms with Crippen molar-refractivity contribution in [1.29, 1.82) is 0 Å². The van der Waals surface area contributed by atoms with Crippen LogP contribution < -0.4 is 10.5 Å². The Morgan fingerprint density at radius 3 is 2.29 bits per heavy atom. The van der Waals surface area contributed by atoms with Gasteiger partial charge in [-0.3, -0.25) is 4.79 Å². The molecular formula is C16H15NO6S. The van der Waals surface area contributed by atoms with Gasteiger partial charge < -0.3 is 19.9 Å². The highest BCUT2D eigenvalue weighted by molar-refractivity contribution is 7.18. The number of nitrogens with two attached hydrogens (primary N) is 1. The molecule has 1 heterocycles. The minimum atomic E-state index is -0.659. The lowest BCUT2D eigenvalue weighted by Gasteiger charge is -2.09. The third-order valence-corrected chi connectivity index (χ3v) is 4.24. The van der Waals surface area contributed by atoms with Gasteiger partial charge in [0.05, 0.1) is 14.2 Å². The van der Waals surface area contributed by atoms with Crippen LogP contribution in [0.15, 0.2) is 24.3 Å². The van der Waals surface area contributed by atoms with Crippen LogP contribution in [0.2, 0.25) is 0 Å². The molecule has 0 bridgehead atoms. The molecule has 0 aliphatic heterocycles. The minimum Gasteiger partial charge on any atom is -0.489 e. The molecule has 0 unspecified atom stereocenters. The Hall–Kier alpha value is -2.87. The molecule has 0 atom stereocenters. The number of anilines is 1. The maximum Gasteiger partial charge on any atom is 0.348 e. The molecule has 0 fully saturated rings. The lowest BCUT2D eigenvalue weighted by molar-refractivity contribution is 0.0598. The van der Waals surface area contributed by atoms with Crippen LogP contribution in [0.3, 0.4) is 0 Å². The molecule has 7 nitrogen and oxygen atoms in total. The summed E-state index contributed by atoms with van der Waals surface area (Å²) < 4.78 is 15.0. The summed E-state index contributed by atoms with van der Waals surface area (Å²) in [6, 6.07) is 6.39. The van der Waals surface area contributed by atoms with Crippen molar-refractivity contribution in [2.75, 3.05) is 20.0 Å². The Morgan fingerprint density at radius 2 is 1.75 bits per heavy atom. The van der Waals surface area contributed by atoms with Crippen LogP contribution in [-0.2, 0) is 16.1 Å². The van der Waals surface area contributed by atoms with Crippen molar-refractivity contribution in [2.24, 2.45) is 0 Å².